The van der Waals surface area contributed by atoms with E-state index in [1.807, 2.05) is 42.0 Å². The molecule has 2 aromatic carbocycles. The first-order valence-electron chi connectivity index (χ1n) is 12.5. The predicted octanol–water partition coefficient (Wildman–Crippen LogP) is 6.33. The summed E-state index contributed by atoms with van der Waals surface area (Å²) in [6.45, 7) is 8.81. The first-order valence-corrected chi connectivity index (χ1v) is 13.3. The molecule has 3 heterocycles. The molecule has 0 aliphatic rings. The van der Waals surface area contributed by atoms with Crippen molar-refractivity contribution < 1.29 is 14.3 Å². The van der Waals surface area contributed by atoms with Crippen molar-refractivity contribution in [1.82, 2.24) is 19.4 Å². The second-order valence-electron chi connectivity index (χ2n) is 9.79. The molecule has 0 atom stereocenters. The highest BCUT2D eigenvalue weighted by atomic mass is 32.1. The van der Waals surface area contributed by atoms with E-state index >= 15 is 0 Å². The first kappa shape index (κ1) is 25.5. The van der Waals surface area contributed by atoms with Crippen molar-refractivity contribution in [3.8, 4) is 22.6 Å². The number of esters is 1. The Bertz CT molecular complexity index is 1640. The van der Waals surface area contributed by atoms with Crippen molar-refractivity contribution in [2.45, 2.75) is 27.7 Å². The van der Waals surface area contributed by atoms with Crippen LogP contribution >= 0.6 is 11.3 Å². The smallest absolute Gasteiger partial charge is 0.348 e. The van der Waals surface area contributed by atoms with E-state index in [1.165, 1.54) is 18.4 Å². The zero-order valence-corrected chi connectivity index (χ0v) is 22.9. The Kier molecular flexibility index (Phi) is 6.91. The summed E-state index contributed by atoms with van der Waals surface area (Å²) >= 11 is 1.41. The van der Waals surface area contributed by atoms with Gasteiger partial charge in [-0.3, -0.25) is 4.79 Å². The summed E-state index contributed by atoms with van der Waals surface area (Å²) < 4.78 is 10.1. The second kappa shape index (κ2) is 10.3. The van der Waals surface area contributed by atoms with E-state index < -0.39 is 0 Å². The van der Waals surface area contributed by atoms with E-state index in [4.69, 9.17) is 4.74 Å². The van der Waals surface area contributed by atoms with Crippen LogP contribution in [-0.4, -0.2) is 39.6 Å². The van der Waals surface area contributed by atoms with Gasteiger partial charge in [-0.15, -0.1) is 11.3 Å². The molecule has 0 aliphatic heterocycles. The summed E-state index contributed by atoms with van der Waals surface area (Å²) in [6, 6.07) is 16.2. The van der Waals surface area contributed by atoms with Gasteiger partial charge >= 0.3 is 5.97 Å². The molecule has 0 unspecified atom stereocenters. The van der Waals surface area contributed by atoms with Crippen LogP contribution in [0.5, 0.6) is 0 Å². The number of imidazole rings is 1. The lowest BCUT2D eigenvalue weighted by Crippen LogP contribution is -2.27. The summed E-state index contributed by atoms with van der Waals surface area (Å²) in [5.41, 5.74) is 7.59. The number of ether oxygens (including phenoxy) is 1. The van der Waals surface area contributed by atoms with Crippen LogP contribution in [0.3, 0.4) is 0 Å². The van der Waals surface area contributed by atoms with Gasteiger partial charge in [0.25, 0.3) is 5.91 Å². The number of hydrogen-bond acceptors (Lipinski definition) is 5. The number of aromatic nitrogens is 3. The van der Waals surface area contributed by atoms with Crippen LogP contribution in [0.4, 0.5) is 0 Å². The minimum absolute atomic E-state index is 0.0740. The van der Waals surface area contributed by atoms with Crippen molar-refractivity contribution in [2.75, 3.05) is 13.7 Å². The molecule has 38 heavy (non-hydrogen) atoms. The molecular formula is C30H30N4O3S. The van der Waals surface area contributed by atoms with Crippen LogP contribution in [0.25, 0.3) is 32.8 Å². The van der Waals surface area contributed by atoms with Gasteiger partial charge in [-0.1, -0.05) is 19.9 Å². The van der Waals surface area contributed by atoms with Crippen LogP contribution in [0, 0.1) is 19.8 Å². The lowest BCUT2D eigenvalue weighted by atomic mass is 10.0. The number of amides is 1. The van der Waals surface area contributed by atoms with Gasteiger partial charge in [0, 0.05) is 41.4 Å². The Morgan fingerprint density at radius 1 is 1.03 bits per heavy atom. The van der Waals surface area contributed by atoms with Crippen LogP contribution in [0.1, 0.15) is 45.0 Å². The monoisotopic (exact) mass is 526 g/mol. The van der Waals surface area contributed by atoms with E-state index in [2.05, 4.69) is 59.9 Å². The number of benzene rings is 2. The fourth-order valence-electron chi connectivity index (χ4n) is 4.61. The number of aryl methyl sites for hydroxylation is 2. The fourth-order valence-corrected chi connectivity index (χ4v) is 5.61. The summed E-state index contributed by atoms with van der Waals surface area (Å²) in [5, 5.41) is 3.00. The molecule has 1 N–H and O–H groups in total. The molecule has 0 radical (unpaired) electrons. The average molecular weight is 527 g/mol. The molecule has 3 aromatic heterocycles. The lowest BCUT2D eigenvalue weighted by molar-refractivity contribution is 0.0606. The Labute approximate surface area is 225 Å². The standard InChI is InChI=1S/C30H30N4O3S/c1-18(2)16-32-29(35)24-9-7-22(13-20(24)4)34-25(14-27-26(34)15-28(38-27)30(36)37-5)23-8-6-21(12-19(23)3)33-11-10-31-17-33/h6-15,17-18H,16H2,1-5H3,(H,32,35). The van der Waals surface area contributed by atoms with Gasteiger partial charge in [0.2, 0.25) is 0 Å². The minimum Gasteiger partial charge on any atom is -0.465 e. The van der Waals surface area contributed by atoms with Crippen molar-refractivity contribution in [1.29, 1.82) is 0 Å². The molecule has 0 aliphatic carbocycles. The molecule has 0 saturated heterocycles. The lowest BCUT2D eigenvalue weighted by Gasteiger charge is -2.16. The van der Waals surface area contributed by atoms with Crippen molar-refractivity contribution in [2.24, 2.45) is 5.92 Å². The molecule has 0 bridgehead atoms. The third kappa shape index (κ3) is 4.75. The maximum absolute atomic E-state index is 12.8. The minimum atomic E-state index is -0.353. The van der Waals surface area contributed by atoms with Gasteiger partial charge in [0.15, 0.2) is 0 Å². The van der Waals surface area contributed by atoms with Gasteiger partial charge in [0.05, 0.1) is 29.3 Å². The zero-order chi connectivity index (χ0) is 27.0. The number of rotatable bonds is 7. The largest absolute Gasteiger partial charge is 0.465 e. The van der Waals surface area contributed by atoms with Crippen molar-refractivity contribution in [3.05, 3.63) is 88.8 Å². The maximum Gasteiger partial charge on any atom is 0.348 e. The van der Waals surface area contributed by atoms with E-state index in [0.29, 0.717) is 22.9 Å². The molecular weight excluding hydrogens is 496 g/mol. The summed E-state index contributed by atoms with van der Waals surface area (Å²) in [5.74, 6) is -0.0520. The number of thiophene rings is 1. The Morgan fingerprint density at radius 3 is 2.45 bits per heavy atom. The number of fused-ring (bicyclic) bond motifs is 1. The van der Waals surface area contributed by atoms with Crippen LogP contribution in [0.2, 0.25) is 0 Å². The quantitative estimate of drug-likeness (QED) is 0.251. The maximum atomic E-state index is 12.8. The molecule has 8 heteroatoms. The van der Waals surface area contributed by atoms with E-state index in [9.17, 15) is 9.59 Å². The fraction of sp³-hybridized carbons (Fsp3) is 0.233. The number of methoxy groups -OCH3 is 1. The highest BCUT2D eigenvalue weighted by Gasteiger charge is 2.21. The molecule has 0 fully saturated rings. The van der Waals surface area contributed by atoms with E-state index in [1.54, 1.807) is 12.5 Å². The highest BCUT2D eigenvalue weighted by Crippen LogP contribution is 2.38. The summed E-state index contributed by atoms with van der Waals surface area (Å²) in [6.07, 6.45) is 5.46. The number of hydrogen-bond donors (Lipinski definition) is 1. The third-order valence-corrected chi connectivity index (χ3v) is 7.60. The SMILES string of the molecule is COC(=O)c1cc2c(cc(-c3ccc(-n4ccnc4)cc3C)n2-c2ccc(C(=O)NCC(C)C)c(C)c2)s1. The third-order valence-electron chi connectivity index (χ3n) is 6.55. The van der Waals surface area contributed by atoms with E-state index in [0.717, 1.165) is 44.0 Å². The predicted molar refractivity (Wildman–Crippen MR) is 152 cm³/mol. The molecule has 194 valence electrons. The Hall–Kier alpha value is -4.17. The molecule has 0 saturated carbocycles. The second-order valence-corrected chi connectivity index (χ2v) is 10.9. The first-order chi connectivity index (χ1) is 18.3. The average Bonchev–Trinajstić information content (AvgIpc) is 3.63. The molecule has 5 rings (SSSR count). The summed E-state index contributed by atoms with van der Waals surface area (Å²) in [7, 11) is 1.39. The van der Waals surface area contributed by atoms with Gasteiger partial charge in [-0.25, -0.2) is 9.78 Å². The molecule has 0 spiro atoms. The summed E-state index contributed by atoms with van der Waals surface area (Å²) in [4.78, 5) is 29.8. The Morgan fingerprint density at radius 2 is 1.79 bits per heavy atom. The Balaban J connectivity index is 1.63. The topological polar surface area (TPSA) is 78.2 Å². The van der Waals surface area contributed by atoms with Crippen LogP contribution in [-0.2, 0) is 4.74 Å². The zero-order valence-electron chi connectivity index (χ0n) is 22.1. The number of nitrogens with one attached hydrogen (secondary N) is 1. The van der Waals surface area contributed by atoms with Crippen molar-refractivity contribution >= 4 is 33.4 Å². The number of carbonyl (C=O) groups excluding carboxylic acids is 2. The van der Waals surface area contributed by atoms with Gasteiger partial charge < -0.3 is 19.2 Å². The molecule has 1 amide bonds. The highest BCUT2D eigenvalue weighted by molar-refractivity contribution is 7.20. The van der Waals surface area contributed by atoms with E-state index in [-0.39, 0.29) is 11.9 Å². The van der Waals surface area contributed by atoms with Gasteiger partial charge in [0.1, 0.15) is 4.88 Å². The molecule has 5 aromatic rings. The van der Waals surface area contributed by atoms with Gasteiger partial charge in [-0.05, 0) is 73.4 Å². The van der Waals surface area contributed by atoms with Gasteiger partial charge in [-0.2, -0.15) is 0 Å². The normalized spacial score (nSPS) is 11.3. The number of nitrogens with zero attached hydrogens (tertiary/aromatic N) is 3. The van der Waals surface area contributed by atoms with Crippen molar-refractivity contribution in [3.63, 3.8) is 0 Å². The molecule has 7 nitrogen and oxygen atoms in total. The van der Waals surface area contributed by atoms with Crippen LogP contribution in [0.15, 0.2) is 67.3 Å². The number of carbonyl (C=O) groups is 2. The van der Waals surface area contributed by atoms with Crippen LogP contribution < -0.4 is 5.32 Å².